The van der Waals surface area contributed by atoms with Crippen LogP contribution in [0.1, 0.15) is 5.56 Å². The maximum absolute atomic E-state index is 12.9. The topological polar surface area (TPSA) is 58.6 Å². The summed E-state index contributed by atoms with van der Waals surface area (Å²) in [6, 6.07) is 12.6. The van der Waals surface area contributed by atoms with Gasteiger partial charge in [0.15, 0.2) is 0 Å². The molecule has 0 aromatic heterocycles. The van der Waals surface area contributed by atoms with Crippen molar-refractivity contribution in [3.63, 3.8) is 0 Å². The number of sulfone groups is 1. The van der Waals surface area contributed by atoms with E-state index in [1.807, 2.05) is 24.3 Å². The summed E-state index contributed by atoms with van der Waals surface area (Å²) in [5.74, 6) is 0. The van der Waals surface area contributed by atoms with Gasteiger partial charge in [0.05, 0.1) is 23.8 Å². The number of hydrogen-bond acceptors (Lipinski definition) is 5. The molecular weight excluding hydrogens is 381 g/mol. The highest BCUT2D eigenvalue weighted by molar-refractivity contribution is 7.92. The standard InChI is InChI=1S/C18H19F3N2O3S/c19-18(20,21)27(24,25)17-4-2-1-3-16(17)22-13-14-5-7-15(8-6-14)23-9-11-26-12-10-23/h1-8,22H,9-13H2. The highest BCUT2D eigenvalue weighted by Crippen LogP contribution is 2.34. The summed E-state index contributed by atoms with van der Waals surface area (Å²) < 4.78 is 67.3. The number of anilines is 2. The van der Waals surface area contributed by atoms with Crippen LogP contribution in [0, 0.1) is 0 Å². The summed E-state index contributed by atoms with van der Waals surface area (Å²) in [5, 5.41) is 2.79. The fraction of sp³-hybridized carbons (Fsp3) is 0.333. The summed E-state index contributed by atoms with van der Waals surface area (Å²) in [7, 11) is -5.41. The van der Waals surface area contributed by atoms with E-state index in [0.29, 0.717) is 13.2 Å². The summed E-state index contributed by atoms with van der Waals surface area (Å²) in [6.45, 7) is 3.16. The van der Waals surface area contributed by atoms with Crippen LogP contribution < -0.4 is 10.2 Å². The maximum Gasteiger partial charge on any atom is 0.501 e. The summed E-state index contributed by atoms with van der Waals surface area (Å²) in [5.41, 5.74) is -3.55. The van der Waals surface area contributed by atoms with Crippen molar-refractivity contribution in [3.05, 3.63) is 54.1 Å². The van der Waals surface area contributed by atoms with Crippen molar-refractivity contribution in [2.75, 3.05) is 36.5 Å². The van der Waals surface area contributed by atoms with Crippen molar-refractivity contribution in [2.24, 2.45) is 0 Å². The molecule has 27 heavy (non-hydrogen) atoms. The molecule has 3 rings (SSSR count). The van der Waals surface area contributed by atoms with Crippen molar-refractivity contribution in [1.29, 1.82) is 0 Å². The molecule has 1 fully saturated rings. The van der Waals surface area contributed by atoms with Crippen LogP contribution in [0.25, 0.3) is 0 Å². The van der Waals surface area contributed by atoms with Crippen LogP contribution >= 0.6 is 0 Å². The van der Waals surface area contributed by atoms with E-state index in [1.165, 1.54) is 18.2 Å². The zero-order valence-corrected chi connectivity index (χ0v) is 15.2. The number of para-hydroxylation sites is 1. The maximum atomic E-state index is 12.9. The highest BCUT2D eigenvalue weighted by atomic mass is 32.2. The Morgan fingerprint density at radius 1 is 1.00 bits per heavy atom. The molecule has 1 aliphatic heterocycles. The Morgan fingerprint density at radius 2 is 1.63 bits per heavy atom. The van der Waals surface area contributed by atoms with E-state index in [2.05, 4.69) is 10.2 Å². The monoisotopic (exact) mass is 400 g/mol. The van der Waals surface area contributed by atoms with Crippen LogP contribution in [0.15, 0.2) is 53.4 Å². The lowest BCUT2D eigenvalue weighted by Crippen LogP contribution is -2.36. The number of hydrogen-bond donors (Lipinski definition) is 1. The minimum absolute atomic E-state index is 0.0768. The number of morpholine rings is 1. The molecule has 0 bridgehead atoms. The van der Waals surface area contributed by atoms with Gasteiger partial charge in [-0.25, -0.2) is 8.42 Å². The first kappa shape index (κ1) is 19.5. The van der Waals surface area contributed by atoms with Crippen LogP contribution in [0.3, 0.4) is 0 Å². The minimum atomic E-state index is -5.41. The fourth-order valence-electron chi connectivity index (χ4n) is 2.82. The van der Waals surface area contributed by atoms with Crippen molar-refractivity contribution in [1.82, 2.24) is 0 Å². The van der Waals surface area contributed by atoms with Gasteiger partial charge in [0.1, 0.15) is 0 Å². The first-order chi connectivity index (χ1) is 12.8. The normalized spacial score (nSPS) is 15.6. The molecule has 0 atom stereocenters. The van der Waals surface area contributed by atoms with Gasteiger partial charge >= 0.3 is 5.51 Å². The lowest BCUT2D eigenvalue weighted by molar-refractivity contribution is -0.0435. The lowest BCUT2D eigenvalue weighted by atomic mass is 10.2. The molecule has 1 N–H and O–H groups in total. The Morgan fingerprint density at radius 3 is 2.26 bits per heavy atom. The van der Waals surface area contributed by atoms with E-state index in [1.54, 1.807) is 0 Å². The Hall–Kier alpha value is -2.26. The second-order valence-corrected chi connectivity index (χ2v) is 7.97. The number of ether oxygens (including phenoxy) is 1. The number of alkyl halides is 3. The molecule has 1 heterocycles. The third kappa shape index (κ3) is 4.36. The van der Waals surface area contributed by atoms with Gasteiger partial charge in [0.2, 0.25) is 0 Å². The first-order valence-electron chi connectivity index (χ1n) is 8.35. The number of halogens is 3. The number of rotatable bonds is 5. The van der Waals surface area contributed by atoms with Gasteiger partial charge in [0, 0.05) is 25.3 Å². The number of nitrogens with zero attached hydrogens (tertiary/aromatic N) is 1. The molecule has 0 spiro atoms. The Kier molecular flexibility index (Phi) is 5.61. The summed E-state index contributed by atoms with van der Waals surface area (Å²) in [4.78, 5) is 1.41. The third-order valence-electron chi connectivity index (χ3n) is 4.28. The van der Waals surface area contributed by atoms with Gasteiger partial charge in [0.25, 0.3) is 9.84 Å². The van der Waals surface area contributed by atoms with Crippen molar-refractivity contribution in [2.45, 2.75) is 16.9 Å². The predicted molar refractivity (Wildman–Crippen MR) is 96.5 cm³/mol. The summed E-state index contributed by atoms with van der Waals surface area (Å²) >= 11 is 0. The van der Waals surface area contributed by atoms with Gasteiger partial charge in [-0.05, 0) is 29.8 Å². The molecule has 0 radical (unpaired) electrons. The molecule has 146 valence electrons. The molecule has 1 saturated heterocycles. The Balaban J connectivity index is 1.72. The smallest absolute Gasteiger partial charge is 0.380 e. The van der Waals surface area contributed by atoms with Crippen LogP contribution in [0.5, 0.6) is 0 Å². The quantitative estimate of drug-likeness (QED) is 0.833. The second-order valence-electron chi connectivity index (χ2n) is 6.06. The average Bonchev–Trinajstić information content (AvgIpc) is 2.67. The van der Waals surface area contributed by atoms with E-state index in [-0.39, 0.29) is 12.2 Å². The molecule has 0 amide bonds. The van der Waals surface area contributed by atoms with Gasteiger partial charge < -0.3 is 15.0 Å². The van der Waals surface area contributed by atoms with E-state index in [4.69, 9.17) is 4.74 Å². The first-order valence-corrected chi connectivity index (χ1v) is 9.83. The van der Waals surface area contributed by atoms with E-state index in [0.717, 1.165) is 30.4 Å². The number of nitrogens with one attached hydrogen (secondary N) is 1. The lowest BCUT2D eigenvalue weighted by Gasteiger charge is -2.29. The Bertz CT molecular complexity index is 877. The average molecular weight is 400 g/mol. The number of benzene rings is 2. The molecule has 5 nitrogen and oxygen atoms in total. The zero-order chi connectivity index (χ0) is 19.5. The highest BCUT2D eigenvalue weighted by Gasteiger charge is 2.47. The molecule has 2 aromatic carbocycles. The minimum Gasteiger partial charge on any atom is -0.380 e. The van der Waals surface area contributed by atoms with Gasteiger partial charge in [-0.1, -0.05) is 24.3 Å². The molecule has 0 saturated carbocycles. The predicted octanol–water partition coefficient (Wildman–Crippen LogP) is 3.43. The van der Waals surface area contributed by atoms with Gasteiger partial charge in [-0.3, -0.25) is 0 Å². The van der Waals surface area contributed by atoms with Crippen LogP contribution in [-0.4, -0.2) is 40.2 Å². The largest absolute Gasteiger partial charge is 0.501 e. The molecular formula is C18H19F3N2O3S. The Labute approximate surface area is 155 Å². The zero-order valence-electron chi connectivity index (χ0n) is 14.4. The molecule has 1 aliphatic rings. The van der Waals surface area contributed by atoms with Crippen molar-refractivity contribution < 1.29 is 26.3 Å². The van der Waals surface area contributed by atoms with Gasteiger partial charge in [-0.15, -0.1) is 0 Å². The second kappa shape index (κ2) is 7.77. The summed E-state index contributed by atoms with van der Waals surface area (Å²) in [6.07, 6.45) is 0. The van der Waals surface area contributed by atoms with E-state index >= 15 is 0 Å². The molecule has 0 aliphatic carbocycles. The molecule has 9 heteroatoms. The van der Waals surface area contributed by atoms with Crippen LogP contribution in [0.2, 0.25) is 0 Å². The van der Waals surface area contributed by atoms with Crippen LogP contribution in [0.4, 0.5) is 24.5 Å². The van der Waals surface area contributed by atoms with E-state index in [9.17, 15) is 21.6 Å². The molecule has 2 aromatic rings. The molecule has 0 unspecified atom stereocenters. The fourth-order valence-corrected chi connectivity index (χ4v) is 3.75. The van der Waals surface area contributed by atoms with Crippen molar-refractivity contribution >= 4 is 21.2 Å². The van der Waals surface area contributed by atoms with Gasteiger partial charge in [-0.2, -0.15) is 13.2 Å². The van der Waals surface area contributed by atoms with E-state index < -0.39 is 20.2 Å². The third-order valence-corrected chi connectivity index (χ3v) is 5.82. The SMILES string of the molecule is O=S(=O)(c1ccccc1NCc1ccc(N2CCOCC2)cc1)C(F)(F)F. The van der Waals surface area contributed by atoms with Crippen LogP contribution in [-0.2, 0) is 21.1 Å². The van der Waals surface area contributed by atoms with Crippen molar-refractivity contribution in [3.8, 4) is 0 Å².